The average molecular weight is 624 g/mol. The number of nitrogens with zero attached hydrogens (tertiary/aromatic N) is 1. The number of benzene rings is 6. The van der Waals surface area contributed by atoms with Gasteiger partial charge in [0.25, 0.3) is 0 Å². The molecule has 4 fully saturated rings. The minimum Gasteiger partial charge on any atom is -0.310 e. The summed E-state index contributed by atoms with van der Waals surface area (Å²) in [6.45, 7) is 4.72. The largest absolute Gasteiger partial charge is 0.310 e. The highest BCUT2D eigenvalue weighted by Gasteiger charge is 2.51. The SMILES string of the molecule is CC(C)c1cc(N(c2ccc(-c3ccccc3)cc2)c2ccc(-c3cccc4ccccc34)cc2)cc(C23CC4CC(CC(C4)C2)C3)c1. The second-order valence-electron chi connectivity index (χ2n) is 15.5. The normalized spacial score (nSPS) is 22.8. The highest BCUT2D eigenvalue weighted by Crippen LogP contribution is 2.61. The number of hydrogen-bond donors (Lipinski definition) is 0. The molecule has 0 aromatic heterocycles. The van der Waals surface area contributed by atoms with Gasteiger partial charge in [-0.15, -0.1) is 0 Å². The molecule has 4 aliphatic carbocycles. The molecule has 10 rings (SSSR count). The zero-order valence-corrected chi connectivity index (χ0v) is 28.3. The van der Waals surface area contributed by atoms with Crippen LogP contribution in [0.1, 0.15) is 69.4 Å². The van der Waals surface area contributed by atoms with Crippen molar-refractivity contribution in [3.63, 3.8) is 0 Å². The molecule has 0 N–H and O–H groups in total. The second-order valence-corrected chi connectivity index (χ2v) is 15.5. The highest BCUT2D eigenvalue weighted by molar-refractivity contribution is 5.97. The molecule has 0 heterocycles. The van der Waals surface area contributed by atoms with Crippen LogP contribution < -0.4 is 4.90 Å². The molecule has 0 spiro atoms. The van der Waals surface area contributed by atoms with Gasteiger partial charge in [0.05, 0.1) is 0 Å². The van der Waals surface area contributed by atoms with Gasteiger partial charge in [0.2, 0.25) is 0 Å². The van der Waals surface area contributed by atoms with Gasteiger partial charge in [0.15, 0.2) is 0 Å². The lowest BCUT2D eigenvalue weighted by Crippen LogP contribution is -2.48. The molecule has 48 heavy (non-hydrogen) atoms. The Bertz CT molecular complexity index is 2030. The van der Waals surface area contributed by atoms with Gasteiger partial charge in [-0.05, 0) is 148 Å². The van der Waals surface area contributed by atoms with E-state index in [-0.39, 0.29) is 0 Å². The minimum absolute atomic E-state index is 0.343. The maximum Gasteiger partial charge on any atom is 0.0467 e. The fraction of sp³-hybridized carbons (Fsp3) is 0.277. The fourth-order valence-electron chi connectivity index (χ4n) is 10.0. The summed E-state index contributed by atoms with van der Waals surface area (Å²) in [4.78, 5) is 2.51. The predicted octanol–water partition coefficient (Wildman–Crippen LogP) is 13.2. The van der Waals surface area contributed by atoms with Crippen molar-refractivity contribution in [1.82, 2.24) is 0 Å². The Kier molecular flexibility index (Phi) is 7.26. The summed E-state index contributed by atoms with van der Waals surface area (Å²) >= 11 is 0. The monoisotopic (exact) mass is 623 g/mol. The number of rotatable bonds is 7. The lowest BCUT2D eigenvalue weighted by Gasteiger charge is -2.57. The number of anilines is 3. The van der Waals surface area contributed by atoms with Gasteiger partial charge < -0.3 is 4.90 Å². The van der Waals surface area contributed by atoms with Crippen LogP contribution >= 0.6 is 0 Å². The van der Waals surface area contributed by atoms with E-state index in [1.807, 2.05) is 0 Å². The standard InChI is InChI=1S/C47H45N/c1-32(2)40-26-41(47-29-33-23-34(30-47)25-35(24-33)31-47)28-44(27-40)48(42-19-15-37(16-20-42)36-9-4-3-5-10-36)43-21-17-39(18-22-43)46-14-8-12-38-11-6-7-13-45(38)46/h3-22,26-28,32-35H,23-25,29-31H2,1-2H3. The average Bonchev–Trinajstić information content (AvgIpc) is 3.12. The molecule has 4 aliphatic rings. The van der Waals surface area contributed by atoms with E-state index in [2.05, 4.69) is 158 Å². The summed E-state index contributed by atoms with van der Waals surface area (Å²) in [5.74, 6) is 3.23. The van der Waals surface area contributed by atoms with E-state index in [1.54, 1.807) is 5.56 Å². The Labute approximate surface area is 286 Å². The third-order valence-electron chi connectivity index (χ3n) is 12.0. The van der Waals surface area contributed by atoms with Crippen molar-refractivity contribution in [3.05, 3.63) is 151 Å². The molecule has 0 unspecified atom stereocenters. The molecule has 0 amide bonds. The van der Waals surface area contributed by atoms with E-state index < -0.39 is 0 Å². The molecule has 0 radical (unpaired) electrons. The van der Waals surface area contributed by atoms with E-state index in [1.165, 1.54) is 94.2 Å². The van der Waals surface area contributed by atoms with E-state index >= 15 is 0 Å². The summed E-state index contributed by atoms with van der Waals surface area (Å²) in [6.07, 6.45) is 8.55. The molecule has 0 saturated heterocycles. The van der Waals surface area contributed by atoms with Gasteiger partial charge in [-0.3, -0.25) is 0 Å². The lowest BCUT2D eigenvalue weighted by atomic mass is 9.48. The number of fused-ring (bicyclic) bond motifs is 1. The van der Waals surface area contributed by atoms with Crippen LogP contribution in [-0.2, 0) is 5.41 Å². The highest BCUT2D eigenvalue weighted by atomic mass is 15.1. The first-order valence-corrected chi connectivity index (χ1v) is 18.2. The smallest absolute Gasteiger partial charge is 0.0467 e. The third kappa shape index (κ3) is 5.25. The van der Waals surface area contributed by atoms with Crippen LogP contribution in [0.5, 0.6) is 0 Å². The fourth-order valence-corrected chi connectivity index (χ4v) is 10.0. The van der Waals surface area contributed by atoms with Gasteiger partial charge in [-0.25, -0.2) is 0 Å². The Balaban J connectivity index is 1.17. The van der Waals surface area contributed by atoms with Crippen LogP contribution in [-0.4, -0.2) is 0 Å². The lowest BCUT2D eigenvalue weighted by molar-refractivity contribution is -0.00520. The molecule has 1 heteroatoms. The van der Waals surface area contributed by atoms with Crippen LogP contribution in [0, 0.1) is 17.8 Å². The Morgan fingerprint density at radius 3 is 1.73 bits per heavy atom. The molecule has 4 bridgehead atoms. The van der Waals surface area contributed by atoms with Crippen molar-refractivity contribution >= 4 is 27.8 Å². The molecular formula is C47H45N. The van der Waals surface area contributed by atoms with Gasteiger partial charge in [-0.2, -0.15) is 0 Å². The van der Waals surface area contributed by atoms with Crippen molar-refractivity contribution in [2.24, 2.45) is 17.8 Å². The Morgan fingerprint density at radius 1 is 0.521 bits per heavy atom. The molecule has 1 nitrogen and oxygen atoms in total. The first-order valence-electron chi connectivity index (χ1n) is 18.2. The summed E-state index contributed by atoms with van der Waals surface area (Å²) in [5.41, 5.74) is 12.1. The number of hydrogen-bond acceptors (Lipinski definition) is 1. The first kappa shape index (κ1) is 29.5. The molecular weight excluding hydrogens is 579 g/mol. The quantitative estimate of drug-likeness (QED) is 0.171. The second kappa shape index (κ2) is 11.8. The van der Waals surface area contributed by atoms with Gasteiger partial charge in [0.1, 0.15) is 0 Å². The zero-order valence-electron chi connectivity index (χ0n) is 28.3. The van der Waals surface area contributed by atoms with Gasteiger partial charge >= 0.3 is 0 Å². The van der Waals surface area contributed by atoms with Crippen molar-refractivity contribution in [2.45, 2.75) is 63.7 Å². The minimum atomic E-state index is 0.343. The molecule has 4 saturated carbocycles. The van der Waals surface area contributed by atoms with Gasteiger partial charge in [-0.1, -0.05) is 117 Å². The topological polar surface area (TPSA) is 3.24 Å². The van der Waals surface area contributed by atoms with Crippen LogP contribution in [0.4, 0.5) is 17.1 Å². The maximum absolute atomic E-state index is 2.60. The van der Waals surface area contributed by atoms with E-state index in [0.717, 1.165) is 17.8 Å². The van der Waals surface area contributed by atoms with E-state index in [9.17, 15) is 0 Å². The van der Waals surface area contributed by atoms with Crippen LogP contribution in [0.2, 0.25) is 0 Å². The molecule has 6 aromatic rings. The van der Waals surface area contributed by atoms with Crippen molar-refractivity contribution in [2.75, 3.05) is 4.90 Å². The Hall–Kier alpha value is -4.62. The van der Waals surface area contributed by atoms with E-state index in [4.69, 9.17) is 0 Å². The van der Waals surface area contributed by atoms with Crippen molar-refractivity contribution in [1.29, 1.82) is 0 Å². The third-order valence-corrected chi connectivity index (χ3v) is 12.0. The molecule has 6 aromatic carbocycles. The van der Waals surface area contributed by atoms with Crippen molar-refractivity contribution < 1.29 is 0 Å². The first-order chi connectivity index (χ1) is 23.5. The molecule has 238 valence electrons. The van der Waals surface area contributed by atoms with E-state index in [0.29, 0.717) is 11.3 Å². The van der Waals surface area contributed by atoms with Crippen LogP contribution in [0.3, 0.4) is 0 Å². The Morgan fingerprint density at radius 2 is 1.08 bits per heavy atom. The summed E-state index contributed by atoms with van der Waals surface area (Å²) in [5, 5.41) is 2.58. The van der Waals surface area contributed by atoms with Crippen LogP contribution in [0.15, 0.2) is 140 Å². The summed E-state index contributed by atoms with van der Waals surface area (Å²) in [7, 11) is 0. The summed E-state index contributed by atoms with van der Waals surface area (Å²) < 4.78 is 0. The zero-order chi connectivity index (χ0) is 32.2. The van der Waals surface area contributed by atoms with Crippen LogP contribution in [0.25, 0.3) is 33.0 Å². The summed E-state index contributed by atoms with van der Waals surface area (Å²) in [6, 6.07) is 52.2. The predicted molar refractivity (Wildman–Crippen MR) is 203 cm³/mol. The molecule has 0 atom stereocenters. The van der Waals surface area contributed by atoms with Crippen molar-refractivity contribution in [3.8, 4) is 22.3 Å². The molecule has 0 aliphatic heterocycles. The maximum atomic E-state index is 2.60. The van der Waals surface area contributed by atoms with Gasteiger partial charge in [0, 0.05) is 17.1 Å².